The standard InChI is InChI=1S/C23H21BrF3N3/c1-4-23(26,27)18-10-6-7-14(20(18)25)12(2)28-22-17-11-19(24)15-8-5-9-16(15)21(17)29-13(3)30-22/h4,6-7,10-12H,1,5,8-9H2,2-3H3,(H,28,29,30). The van der Waals surface area contributed by atoms with Crippen LogP contribution in [0.4, 0.5) is 19.0 Å². The predicted octanol–water partition coefficient (Wildman–Crippen LogP) is 6.78. The first-order chi connectivity index (χ1) is 14.2. The quantitative estimate of drug-likeness (QED) is 0.413. The van der Waals surface area contributed by atoms with E-state index < -0.39 is 23.3 Å². The minimum atomic E-state index is -3.44. The van der Waals surface area contributed by atoms with Gasteiger partial charge in [-0.25, -0.2) is 14.4 Å². The van der Waals surface area contributed by atoms with E-state index in [1.54, 1.807) is 6.92 Å². The molecule has 3 aromatic rings. The molecule has 1 unspecified atom stereocenters. The molecule has 0 spiro atoms. The molecule has 1 heterocycles. The molecule has 1 aliphatic rings. The van der Waals surface area contributed by atoms with E-state index in [0.29, 0.717) is 17.7 Å². The van der Waals surface area contributed by atoms with Crippen LogP contribution >= 0.6 is 15.9 Å². The zero-order valence-electron chi connectivity index (χ0n) is 16.7. The van der Waals surface area contributed by atoms with E-state index in [0.717, 1.165) is 40.7 Å². The molecule has 1 aliphatic carbocycles. The van der Waals surface area contributed by atoms with Crippen LogP contribution in [0.3, 0.4) is 0 Å². The van der Waals surface area contributed by atoms with Crippen LogP contribution < -0.4 is 5.32 Å². The van der Waals surface area contributed by atoms with Gasteiger partial charge >= 0.3 is 0 Å². The first-order valence-electron chi connectivity index (χ1n) is 9.78. The highest BCUT2D eigenvalue weighted by molar-refractivity contribution is 9.10. The van der Waals surface area contributed by atoms with Crippen molar-refractivity contribution >= 4 is 32.7 Å². The van der Waals surface area contributed by atoms with Crippen LogP contribution in [0.5, 0.6) is 0 Å². The molecule has 2 aromatic carbocycles. The molecule has 1 N–H and O–H groups in total. The van der Waals surface area contributed by atoms with Gasteiger partial charge in [-0.15, -0.1) is 0 Å². The Morgan fingerprint density at radius 2 is 1.97 bits per heavy atom. The van der Waals surface area contributed by atoms with E-state index in [-0.39, 0.29) is 5.56 Å². The Balaban J connectivity index is 1.78. The smallest absolute Gasteiger partial charge is 0.294 e. The van der Waals surface area contributed by atoms with Gasteiger partial charge < -0.3 is 5.32 Å². The van der Waals surface area contributed by atoms with Gasteiger partial charge in [0.25, 0.3) is 5.92 Å². The molecule has 0 amide bonds. The van der Waals surface area contributed by atoms with E-state index >= 15 is 0 Å². The molecule has 0 saturated carbocycles. The van der Waals surface area contributed by atoms with Crippen molar-refractivity contribution in [3.8, 4) is 0 Å². The molecule has 0 fully saturated rings. The van der Waals surface area contributed by atoms with E-state index in [4.69, 9.17) is 0 Å². The number of halogens is 4. The van der Waals surface area contributed by atoms with Crippen LogP contribution in [0.2, 0.25) is 0 Å². The summed E-state index contributed by atoms with van der Waals surface area (Å²) < 4.78 is 44.0. The lowest BCUT2D eigenvalue weighted by Crippen LogP contribution is -2.16. The Morgan fingerprint density at radius 3 is 2.70 bits per heavy atom. The fourth-order valence-corrected chi connectivity index (χ4v) is 4.74. The number of hydrogen-bond acceptors (Lipinski definition) is 3. The molecule has 3 nitrogen and oxygen atoms in total. The van der Waals surface area contributed by atoms with Crippen LogP contribution in [0, 0.1) is 12.7 Å². The fourth-order valence-electron chi connectivity index (χ4n) is 4.07. The summed E-state index contributed by atoms with van der Waals surface area (Å²) in [6.07, 6.45) is 3.48. The van der Waals surface area contributed by atoms with Gasteiger partial charge in [-0.05, 0) is 62.4 Å². The Morgan fingerprint density at radius 1 is 1.23 bits per heavy atom. The van der Waals surface area contributed by atoms with Gasteiger partial charge in [0, 0.05) is 15.4 Å². The first kappa shape index (κ1) is 20.8. The minimum absolute atomic E-state index is 0.138. The monoisotopic (exact) mass is 475 g/mol. The van der Waals surface area contributed by atoms with Crippen LogP contribution in [0.25, 0.3) is 10.9 Å². The third-order valence-electron chi connectivity index (χ3n) is 5.58. The number of alkyl halides is 2. The van der Waals surface area contributed by atoms with Crippen LogP contribution in [-0.2, 0) is 18.8 Å². The summed E-state index contributed by atoms with van der Waals surface area (Å²) in [5.74, 6) is -3.23. The number of anilines is 1. The van der Waals surface area contributed by atoms with E-state index in [1.165, 1.54) is 23.3 Å². The second kappa shape index (κ2) is 7.69. The number of aromatic nitrogens is 2. The first-order valence-corrected chi connectivity index (χ1v) is 10.6. The lowest BCUT2D eigenvalue weighted by Gasteiger charge is -2.21. The summed E-state index contributed by atoms with van der Waals surface area (Å²) in [6, 6.07) is 5.40. The fraction of sp³-hybridized carbons (Fsp3) is 0.304. The van der Waals surface area contributed by atoms with Gasteiger partial charge in [0.15, 0.2) is 0 Å². The number of benzene rings is 2. The Labute approximate surface area is 181 Å². The maximum absolute atomic E-state index is 14.9. The largest absolute Gasteiger partial charge is 0.363 e. The van der Waals surface area contributed by atoms with E-state index in [9.17, 15) is 13.2 Å². The Hall–Kier alpha value is -2.41. The summed E-state index contributed by atoms with van der Waals surface area (Å²) in [6.45, 7) is 6.65. The Bertz CT molecular complexity index is 1160. The van der Waals surface area contributed by atoms with Gasteiger partial charge in [0.1, 0.15) is 17.5 Å². The number of nitrogens with zero attached hydrogens (tertiary/aromatic N) is 2. The van der Waals surface area contributed by atoms with Crippen molar-refractivity contribution in [2.75, 3.05) is 5.32 Å². The normalized spacial score (nSPS) is 14.6. The van der Waals surface area contributed by atoms with Gasteiger partial charge in [0.05, 0.1) is 17.1 Å². The zero-order chi connectivity index (χ0) is 21.6. The average Bonchev–Trinajstić information content (AvgIpc) is 3.20. The lowest BCUT2D eigenvalue weighted by atomic mass is 9.99. The van der Waals surface area contributed by atoms with Crippen molar-refractivity contribution in [3.05, 3.63) is 75.3 Å². The molecule has 0 radical (unpaired) electrons. The molecule has 7 heteroatoms. The highest BCUT2D eigenvalue weighted by Gasteiger charge is 2.32. The maximum Gasteiger partial charge on any atom is 0.294 e. The SMILES string of the molecule is C=CC(F)(F)c1cccc(C(C)Nc2nc(C)nc3c4c(c(Br)cc23)CCC4)c1F. The van der Waals surface area contributed by atoms with Crippen LogP contribution in [0.1, 0.15) is 47.5 Å². The highest BCUT2D eigenvalue weighted by Crippen LogP contribution is 2.38. The lowest BCUT2D eigenvalue weighted by molar-refractivity contribution is 0.0483. The number of nitrogens with one attached hydrogen (secondary N) is 1. The van der Waals surface area contributed by atoms with E-state index in [2.05, 4.69) is 37.8 Å². The Kier molecular flexibility index (Phi) is 5.34. The van der Waals surface area contributed by atoms with Crippen molar-refractivity contribution in [1.82, 2.24) is 9.97 Å². The highest BCUT2D eigenvalue weighted by atomic mass is 79.9. The second-order valence-electron chi connectivity index (χ2n) is 7.59. The second-order valence-corrected chi connectivity index (χ2v) is 8.44. The average molecular weight is 476 g/mol. The molecule has 1 aromatic heterocycles. The number of allylic oxidation sites excluding steroid dienone is 1. The summed E-state index contributed by atoms with van der Waals surface area (Å²) in [4.78, 5) is 9.17. The summed E-state index contributed by atoms with van der Waals surface area (Å²) >= 11 is 3.65. The maximum atomic E-state index is 14.9. The number of aryl methyl sites for hydroxylation is 2. The summed E-state index contributed by atoms with van der Waals surface area (Å²) in [5, 5.41) is 4.04. The topological polar surface area (TPSA) is 37.8 Å². The van der Waals surface area contributed by atoms with Gasteiger partial charge in [0.2, 0.25) is 0 Å². The van der Waals surface area contributed by atoms with Crippen molar-refractivity contribution in [1.29, 1.82) is 0 Å². The summed E-state index contributed by atoms with van der Waals surface area (Å²) in [5.41, 5.74) is 2.82. The van der Waals surface area contributed by atoms with Gasteiger partial charge in [-0.1, -0.05) is 34.6 Å². The molecule has 0 saturated heterocycles. The van der Waals surface area contributed by atoms with Gasteiger partial charge in [-0.2, -0.15) is 8.78 Å². The molecular formula is C23H21BrF3N3. The molecule has 0 aliphatic heterocycles. The third kappa shape index (κ3) is 3.49. The molecular weight excluding hydrogens is 455 g/mol. The van der Waals surface area contributed by atoms with Gasteiger partial charge in [-0.3, -0.25) is 0 Å². The van der Waals surface area contributed by atoms with Crippen molar-refractivity contribution < 1.29 is 13.2 Å². The summed E-state index contributed by atoms with van der Waals surface area (Å²) in [7, 11) is 0. The zero-order valence-corrected chi connectivity index (χ0v) is 18.3. The van der Waals surface area contributed by atoms with Crippen LogP contribution in [-0.4, -0.2) is 9.97 Å². The van der Waals surface area contributed by atoms with Crippen LogP contribution in [0.15, 0.2) is 41.4 Å². The predicted molar refractivity (Wildman–Crippen MR) is 117 cm³/mol. The van der Waals surface area contributed by atoms with Crippen molar-refractivity contribution in [3.63, 3.8) is 0 Å². The molecule has 0 bridgehead atoms. The number of hydrogen-bond donors (Lipinski definition) is 1. The number of rotatable bonds is 5. The van der Waals surface area contributed by atoms with E-state index in [1.807, 2.05) is 13.0 Å². The molecule has 156 valence electrons. The van der Waals surface area contributed by atoms with Crippen molar-refractivity contribution in [2.24, 2.45) is 0 Å². The number of fused-ring (bicyclic) bond motifs is 3. The third-order valence-corrected chi connectivity index (χ3v) is 6.29. The molecule has 1 atom stereocenters. The molecule has 4 rings (SSSR count). The van der Waals surface area contributed by atoms with Crippen molar-refractivity contribution in [2.45, 2.75) is 45.1 Å². The minimum Gasteiger partial charge on any atom is -0.363 e. The molecule has 30 heavy (non-hydrogen) atoms.